The van der Waals surface area contributed by atoms with Crippen molar-refractivity contribution in [3.63, 3.8) is 0 Å². The summed E-state index contributed by atoms with van der Waals surface area (Å²) < 4.78 is 71.5. The van der Waals surface area contributed by atoms with Gasteiger partial charge < -0.3 is 0 Å². The first-order valence-electron chi connectivity index (χ1n) is 3.18. The molecule has 0 N–H and O–H groups in total. The highest BCUT2D eigenvalue weighted by atomic mass is 19.4. The largest absolute Gasteiger partial charge is 0.453 e. The van der Waals surface area contributed by atoms with Crippen LogP contribution >= 0.6 is 0 Å². The highest BCUT2D eigenvalue weighted by Crippen LogP contribution is 2.31. The fourth-order valence-electron chi connectivity index (χ4n) is 0.751. The number of hydrogen-bond donors (Lipinski definition) is 0. The Balaban J connectivity index is 3.19. The van der Waals surface area contributed by atoms with Gasteiger partial charge in [0.05, 0.1) is 0 Å². The molecule has 14 heavy (non-hydrogen) atoms. The molecule has 1 rings (SSSR count). The molecule has 0 aliphatic carbocycles. The Bertz CT molecular complexity index is 334. The van der Waals surface area contributed by atoms with Crippen molar-refractivity contribution >= 4 is 0 Å². The van der Waals surface area contributed by atoms with Gasteiger partial charge in [-0.2, -0.15) is 31.3 Å². The van der Waals surface area contributed by atoms with Gasteiger partial charge >= 0.3 is 12.4 Å². The number of aryl methyl sites for hydroxylation is 1. The van der Waals surface area contributed by atoms with Crippen LogP contribution in [0.2, 0.25) is 0 Å². The number of halogens is 6. The molecule has 1 aromatic rings. The third-order valence-corrected chi connectivity index (χ3v) is 1.27. The molecule has 0 fully saturated rings. The Kier molecular flexibility index (Phi) is 2.20. The lowest BCUT2D eigenvalue weighted by atomic mass is 10.5. The minimum absolute atomic E-state index is 0.0445. The number of nitrogens with zero attached hydrogens (tertiary/aromatic N) is 3. The average molecular weight is 219 g/mol. The maximum atomic E-state index is 12.0. The Hall–Kier alpha value is -1.28. The molecular weight excluding hydrogens is 216 g/mol. The highest BCUT2D eigenvalue weighted by molar-refractivity contribution is 4.99. The van der Waals surface area contributed by atoms with Crippen LogP contribution in [0.1, 0.15) is 11.6 Å². The maximum Gasteiger partial charge on any atom is 0.453 e. The lowest BCUT2D eigenvalue weighted by molar-refractivity contribution is -0.150. The monoisotopic (exact) mass is 219 g/mol. The summed E-state index contributed by atoms with van der Waals surface area (Å²) in [6.07, 6.45) is -9.91. The Morgan fingerprint density at radius 2 is 1.50 bits per heavy atom. The van der Waals surface area contributed by atoms with Crippen molar-refractivity contribution in [2.45, 2.75) is 12.4 Å². The summed E-state index contributed by atoms with van der Waals surface area (Å²) in [5, 5.41) is 2.61. The van der Waals surface area contributed by atoms with E-state index in [9.17, 15) is 26.3 Å². The topological polar surface area (TPSA) is 30.7 Å². The summed E-state index contributed by atoms with van der Waals surface area (Å²) in [6.45, 7) is 0. The molecule has 0 amide bonds. The Morgan fingerprint density at radius 1 is 1.00 bits per heavy atom. The van der Waals surface area contributed by atoms with Gasteiger partial charge in [-0.3, -0.25) is 0 Å². The molecule has 0 saturated heterocycles. The molecule has 0 aliphatic rings. The van der Waals surface area contributed by atoms with Gasteiger partial charge in [0.25, 0.3) is 5.82 Å². The van der Waals surface area contributed by atoms with E-state index in [1.807, 2.05) is 0 Å². The molecular formula is C5H3F6N3. The van der Waals surface area contributed by atoms with Gasteiger partial charge in [-0.25, -0.2) is 4.68 Å². The van der Waals surface area contributed by atoms with Crippen LogP contribution in [0, 0.1) is 0 Å². The van der Waals surface area contributed by atoms with Crippen molar-refractivity contribution in [2.24, 2.45) is 7.05 Å². The Labute approximate surface area is 73.3 Å². The summed E-state index contributed by atoms with van der Waals surface area (Å²) in [5.74, 6) is -3.47. The average Bonchev–Trinajstić information content (AvgIpc) is 2.27. The van der Waals surface area contributed by atoms with Gasteiger partial charge in [0.2, 0.25) is 5.82 Å². The normalized spacial score (nSPS) is 13.4. The summed E-state index contributed by atoms with van der Waals surface area (Å²) in [7, 11) is 0.741. The van der Waals surface area contributed by atoms with E-state index < -0.39 is 24.0 Å². The summed E-state index contributed by atoms with van der Waals surface area (Å²) in [6, 6.07) is 0. The van der Waals surface area contributed by atoms with E-state index in [1.165, 1.54) is 0 Å². The van der Waals surface area contributed by atoms with E-state index in [-0.39, 0.29) is 4.68 Å². The van der Waals surface area contributed by atoms with Crippen LogP contribution in [0.4, 0.5) is 26.3 Å². The molecule has 0 unspecified atom stereocenters. The van der Waals surface area contributed by atoms with Gasteiger partial charge in [-0.15, -0.1) is 5.10 Å². The van der Waals surface area contributed by atoms with Crippen molar-refractivity contribution in [3.8, 4) is 0 Å². The zero-order chi connectivity index (χ0) is 11.1. The van der Waals surface area contributed by atoms with Crippen molar-refractivity contribution in [2.75, 3.05) is 0 Å². The van der Waals surface area contributed by atoms with Crippen molar-refractivity contribution in [1.82, 2.24) is 14.8 Å². The van der Waals surface area contributed by atoms with E-state index in [4.69, 9.17) is 0 Å². The molecule has 9 heteroatoms. The lowest BCUT2D eigenvalue weighted by Gasteiger charge is -2.02. The van der Waals surface area contributed by atoms with Crippen molar-refractivity contribution < 1.29 is 26.3 Å². The standard InChI is InChI=1S/C5H3F6N3/c1-14-3(5(9,10)11)12-2(13-14)4(6,7)8/h1H3. The second-order valence-electron chi connectivity index (χ2n) is 2.38. The summed E-state index contributed by atoms with van der Waals surface area (Å²) >= 11 is 0. The van der Waals surface area contributed by atoms with Gasteiger partial charge in [0.15, 0.2) is 0 Å². The first-order valence-corrected chi connectivity index (χ1v) is 3.18. The van der Waals surface area contributed by atoms with Crippen LogP contribution in [-0.2, 0) is 19.4 Å². The molecule has 0 bridgehead atoms. The van der Waals surface area contributed by atoms with E-state index in [0.717, 1.165) is 7.05 Å². The number of alkyl halides is 6. The predicted molar refractivity (Wildman–Crippen MR) is 31.0 cm³/mol. The van der Waals surface area contributed by atoms with E-state index in [0.29, 0.717) is 0 Å². The summed E-state index contributed by atoms with van der Waals surface area (Å²) in [4.78, 5) is 2.35. The first-order chi connectivity index (χ1) is 6.12. The predicted octanol–water partition coefficient (Wildman–Crippen LogP) is 1.85. The van der Waals surface area contributed by atoms with Gasteiger partial charge in [-0.1, -0.05) is 0 Å². The smallest absolute Gasteiger partial charge is 0.245 e. The minimum atomic E-state index is -4.97. The van der Waals surface area contributed by atoms with E-state index >= 15 is 0 Å². The fourth-order valence-corrected chi connectivity index (χ4v) is 0.751. The van der Waals surface area contributed by atoms with E-state index in [1.54, 1.807) is 0 Å². The fraction of sp³-hybridized carbons (Fsp3) is 0.600. The van der Waals surface area contributed by atoms with Crippen LogP contribution in [0.3, 0.4) is 0 Å². The SMILES string of the molecule is Cn1nc(C(F)(F)F)nc1C(F)(F)F. The molecule has 0 spiro atoms. The van der Waals surface area contributed by atoms with Crippen LogP contribution in [0.25, 0.3) is 0 Å². The summed E-state index contributed by atoms with van der Waals surface area (Å²) in [5.41, 5.74) is 0. The quantitative estimate of drug-likeness (QED) is 0.623. The Morgan fingerprint density at radius 3 is 1.71 bits per heavy atom. The third kappa shape index (κ3) is 1.96. The minimum Gasteiger partial charge on any atom is -0.245 e. The molecule has 80 valence electrons. The molecule has 1 heterocycles. The second kappa shape index (κ2) is 2.85. The highest BCUT2D eigenvalue weighted by Gasteiger charge is 2.43. The van der Waals surface area contributed by atoms with Crippen LogP contribution in [0.15, 0.2) is 0 Å². The number of rotatable bonds is 0. The van der Waals surface area contributed by atoms with E-state index in [2.05, 4.69) is 10.1 Å². The van der Waals surface area contributed by atoms with Gasteiger partial charge in [-0.05, 0) is 0 Å². The molecule has 0 saturated carbocycles. The molecule has 1 aromatic heterocycles. The van der Waals surface area contributed by atoms with Crippen LogP contribution in [-0.4, -0.2) is 14.8 Å². The lowest BCUT2D eigenvalue weighted by Crippen LogP contribution is -2.13. The van der Waals surface area contributed by atoms with Crippen molar-refractivity contribution in [3.05, 3.63) is 11.6 Å². The molecule has 0 radical (unpaired) electrons. The van der Waals surface area contributed by atoms with Crippen LogP contribution in [0.5, 0.6) is 0 Å². The number of hydrogen-bond acceptors (Lipinski definition) is 2. The number of aromatic nitrogens is 3. The zero-order valence-electron chi connectivity index (χ0n) is 6.61. The molecule has 0 aliphatic heterocycles. The first kappa shape index (κ1) is 10.8. The van der Waals surface area contributed by atoms with Crippen LogP contribution < -0.4 is 0 Å². The van der Waals surface area contributed by atoms with Gasteiger partial charge in [0.1, 0.15) is 0 Å². The molecule has 0 aromatic carbocycles. The molecule has 0 atom stereocenters. The molecule has 3 nitrogen and oxygen atoms in total. The third-order valence-electron chi connectivity index (χ3n) is 1.27. The zero-order valence-corrected chi connectivity index (χ0v) is 6.61. The van der Waals surface area contributed by atoms with Gasteiger partial charge in [0, 0.05) is 7.05 Å². The second-order valence-corrected chi connectivity index (χ2v) is 2.38. The van der Waals surface area contributed by atoms with Crippen molar-refractivity contribution in [1.29, 1.82) is 0 Å². The maximum absolute atomic E-state index is 12.0.